The third kappa shape index (κ3) is 7.65. The summed E-state index contributed by atoms with van der Waals surface area (Å²) in [5.41, 5.74) is 2.91. The number of nitriles is 1. The number of aromatic nitrogens is 2. The highest BCUT2D eigenvalue weighted by Gasteiger charge is 2.29. The maximum absolute atomic E-state index is 13.3. The maximum atomic E-state index is 13.3. The fraction of sp³-hybridized carbons (Fsp3) is 0.517. The zero-order chi connectivity index (χ0) is 30.1. The van der Waals surface area contributed by atoms with E-state index >= 15 is 0 Å². The predicted octanol–water partition coefficient (Wildman–Crippen LogP) is 1.45. The molecule has 0 atom stereocenters. The Morgan fingerprint density at radius 2 is 2.10 bits per heavy atom. The average molecular weight is 578 g/mol. The highest BCUT2D eigenvalue weighted by Crippen LogP contribution is 2.28. The van der Waals surface area contributed by atoms with Gasteiger partial charge in [-0.2, -0.15) is 5.26 Å². The van der Waals surface area contributed by atoms with Gasteiger partial charge in [-0.05, 0) is 44.1 Å². The number of nitrogens with zero attached hydrogens (tertiary/aromatic N) is 7. The van der Waals surface area contributed by atoms with Gasteiger partial charge in [0.2, 0.25) is 0 Å². The summed E-state index contributed by atoms with van der Waals surface area (Å²) in [5, 5.41) is 15.3. The van der Waals surface area contributed by atoms with Crippen LogP contribution in [0.15, 0.2) is 18.3 Å². The number of urea groups is 1. The first kappa shape index (κ1) is 31.0. The normalized spacial score (nSPS) is 15.2. The number of nitrogens with one attached hydrogen (secondary N) is 2. The molecule has 0 spiro atoms. The Hall–Kier alpha value is -3.96. The number of aryl methyl sites for hydroxylation is 1. The van der Waals surface area contributed by atoms with Crippen molar-refractivity contribution in [3.63, 3.8) is 0 Å². The molecule has 13 heteroatoms. The summed E-state index contributed by atoms with van der Waals surface area (Å²) in [4.78, 5) is 53.5. The Kier molecular flexibility index (Phi) is 10.9. The number of methoxy groups -OCH3 is 1. The smallest absolute Gasteiger partial charge is 0.328 e. The monoisotopic (exact) mass is 577 g/mol. The van der Waals surface area contributed by atoms with Crippen LogP contribution < -0.4 is 15.5 Å². The largest absolute Gasteiger partial charge is 0.383 e. The summed E-state index contributed by atoms with van der Waals surface area (Å²) < 4.78 is 5.05. The van der Waals surface area contributed by atoms with Gasteiger partial charge in [-0.15, -0.1) is 0 Å². The fourth-order valence-electron chi connectivity index (χ4n) is 5.29. The number of likely N-dealkylation sites (tertiary alicyclic amines) is 1. The lowest BCUT2D eigenvalue weighted by Crippen LogP contribution is -2.59. The van der Waals surface area contributed by atoms with Crippen LogP contribution in [0.25, 0.3) is 0 Å². The number of fused-ring (bicyclic) bond motifs is 1. The third-order valence-electron chi connectivity index (χ3n) is 7.59. The first-order valence-electron chi connectivity index (χ1n) is 14.1. The van der Waals surface area contributed by atoms with E-state index < -0.39 is 6.03 Å². The van der Waals surface area contributed by atoms with E-state index in [9.17, 15) is 19.6 Å². The van der Waals surface area contributed by atoms with Crippen LogP contribution in [-0.4, -0.2) is 123 Å². The van der Waals surface area contributed by atoms with Crippen molar-refractivity contribution in [2.45, 2.75) is 25.4 Å². The number of hydrogen-bond acceptors (Lipinski definition) is 11. The first-order chi connectivity index (χ1) is 20.4. The number of ether oxygens (including phenoxy) is 1. The van der Waals surface area contributed by atoms with Crippen molar-refractivity contribution >= 4 is 35.9 Å². The van der Waals surface area contributed by atoms with Crippen molar-refractivity contribution in [1.82, 2.24) is 24.7 Å². The minimum Gasteiger partial charge on any atom is -0.383 e. The lowest BCUT2D eigenvalue weighted by Gasteiger charge is -2.43. The number of pyridine rings is 2. The standard InChI is InChI=1S/C29H39N9O4/c1-35(8-9-37(10-11-39)24-18-36(2)19-24)17-22-13-21-5-4-7-38(28(21)33-26(22)20-40)29(41)34-27-14-25(31-6-12-42-3)23(15-30)16-32-27/h11,13-14,16,20,24H,4-10,12,17-19H2,1-3H3,(H2,31,32,34,41). The third-order valence-corrected chi connectivity index (χ3v) is 7.59. The Bertz CT molecular complexity index is 1310. The Morgan fingerprint density at radius 3 is 2.79 bits per heavy atom. The molecular weight excluding hydrogens is 538 g/mol. The van der Waals surface area contributed by atoms with E-state index in [4.69, 9.17) is 4.74 Å². The molecule has 0 aromatic carbocycles. The molecule has 2 N–H and O–H groups in total. The van der Waals surface area contributed by atoms with Crippen LogP contribution in [0, 0.1) is 11.3 Å². The molecule has 2 aliphatic heterocycles. The molecule has 42 heavy (non-hydrogen) atoms. The summed E-state index contributed by atoms with van der Waals surface area (Å²) in [6.07, 6.45) is 4.58. The number of aldehydes is 2. The summed E-state index contributed by atoms with van der Waals surface area (Å²) >= 11 is 0. The number of hydrogen-bond donors (Lipinski definition) is 2. The zero-order valence-corrected chi connectivity index (χ0v) is 24.5. The number of amides is 2. The molecule has 2 aliphatic rings. The molecular formula is C29H39N9O4. The molecule has 2 aromatic heterocycles. The van der Waals surface area contributed by atoms with Gasteiger partial charge in [0.05, 0.1) is 24.4 Å². The summed E-state index contributed by atoms with van der Waals surface area (Å²) in [6.45, 7) is 5.73. The predicted molar refractivity (Wildman–Crippen MR) is 159 cm³/mol. The van der Waals surface area contributed by atoms with Gasteiger partial charge in [0.15, 0.2) is 6.29 Å². The van der Waals surface area contributed by atoms with Crippen LogP contribution in [-0.2, 0) is 22.5 Å². The molecule has 2 amide bonds. The molecule has 2 aromatic rings. The molecule has 1 fully saturated rings. The molecule has 1 saturated heterocycles. The summed E-state index contributed by atoms with van der Waals surface area (Å²) in [7, 11) is 5.65. The van der Waals surface area contributed by atoms with Gasteiger partial charge in [0.25, 0.3) is 0 Å². The van der Waals surface area contributed by atoms with Crippen LogP contribution in [0.2, 0.25) is 0 Å². The SMILES string of the molecule is COCCNc1cc(NC(=O)N2CCCc3cc(CN(C)CCN(CC=O)C4CN(C)C4)c(C=O)nc32)ncc1C#N. The maximum Gasteiger partial charge on any atom is 0.328 e. The van der Waals surface area contributed by atoms with Crippen LogP contribution >= 0.6 is 0 Å². The number of rotatable bonds is 14. The van der Waals surface area contributed by atoms with Gasteiger partial charge in [-0.3, -0.25) is 19.9 Å². The second-order valence-corrected chi connectivity index (χ2v) is 10.7. The molecule has 0 saturated carbocycles. The molecule has 13 nitrogen and oxygen atoms in total. The van der Waals surface area contributed by atoms with Gasteiger partial charge in [-0.25, -0.2) is 14.8 Å². The van der Waals surface area contributed by atoms with E-state index in [1.165, 1.54) is 11.1 Å². The minimum absolute atomic E-state index is 0.289. The highest BCUT2D eigenvalue weighted by molar-refractivity contribution is 6.01. The van der Waals surface area contributed by atoms with Crippen molar-refractivity contribution < 1.29 is 19.1 Å². The topological polar surface area (TPSA) is 147 Å². The average Bonchev–Trinajstić information content (AvgIpc) is 2.97. The second kappa shape index (κ2) is 14.8. The fourth-order valence-corrected chi connectivity index (χ4v) is 5.29. The minimum atomic E-state index is -0.415. The van der Waals surface area contributed by atoms with Gasteiger partial charge >= 0.3 is 6.03 Å². The van der Waals surface area contributed by atoms with Crippen molar-refractivity contribution in [1.29, 1.82) is 5.26 Å². The molecule has 0 bridgehead atoms. The van der Waals surface area contributed by atoms with Crippen molar-refractivity contribution in [3.05, 3.63) is 40.7 Å². The summed E-state index contributed by atoms with van der Waals surface area (Å²) in [6, 6.07) is 5.65. The van der Waals surface area contributed by atoms with E-state index in [0.717, 1.165) is 62.7 Å². The van der Waals surface area contributed by atoms with Gasteiger partial charge in [0.1, 0.15) is 29.7 Å². The zero-order valence-electron chi connectivity index (χ0n) is 24.5. The number of carbonyl (C=O) groups is 3. The second-order valence-electron chi connectivity index (χ2n) is 10.7. The van der Waals surface area contributed by atoms with Crippen molar-refractivity contribution in [3.8, 4) is 6.07 Å². The van der Waals surface area contributed by atoms with E-state index in [1.54, 1.807) is 13.2 Å². The lowest BCUT2D eigenvalue weighted by atomic mass is 10.0. The van der Waals surface area contributed by atoms with Gasteiger partial charge < -0.3 is 24.6 Å². The molecule has 0 unspecified atom stereocenters. The van der Waals surface area contributed by atoms with Crippen LogP contribution in [0.4, 0.5) is 22.1 Å². The van der Waals surface area contributed by atoms with Crippen molar-refractivity contribution in [2.75, 3.05) is 89.2 Å². The van der Waals surface area contributed by atoms with E-state index in [1.807, 2.05) is 13.1 Å². The first-order valence-corrected chi connectivity index (χ1v) is 14.1. The van der Waals surface area contributed by atoms with E-state index in [2.05, 4.69) is 48.4 Å². The number of likely N-dealkylation sites (N-methyl/N-ethyl adjacent to an activating group) is 2. The van der Waals surface area contributed by atoms with Gasteiger partial charge in [-0.1, -0.05) is 0 Å². The van der Waals surface area contributed by atoms with E-state index in [-0.39, 0.29) is 5.82 Å². The van der Waals surface area contributed by atoms with Gasteiger partial charge in [0, 0.05) is 71.2 Å². The van der Waals surface area contributed by atoms with Crippen LogP contribution in [0.5, 0.6) is 0 Å². The van der Waals surface area contributed by atoms with Crippen molar-refractivity contribution in [2.24, 2.45) is 0 Å². The van der Waals surface area contributed by atoms with Crippen LogP contribution in [0.3, 0.4) is 0 Å². The molecule has 0 aliphatic carbocycles. The molecule has 0 radical (unpaired) electrons. The Labute approximate surface area is 246 Å². The Morgan fingerprint density at radius 1 is 1.29 bits per heavy atom. The molecule has 224 valence electrons. The lowest BCUT2D eigenvalue weighted by molar-refractivity contribution is -0.110. The molecule has 4 rings (SSSR count). The quantitative estimate of drug-likeness (QED) is 0.248. The Balaban J connectivity index is 1.44. The van der Waals surface area contributed by atoms with Crippen LogP contribution in [0.1, 0.15) is 33.6 Å². The molecule has 4 heterocycles. The number of anilines is 3. The van der Waals surface area contributed by atoms with E-state index in [0.29, 0.717) is 61.6 Å². The number of carbonyl (C=O) groups excluding carboxylic acids is 3. The summed E-state index contributed by atoms with van der Waals surface area (Å²) in [5.74, 6) is 0.752. The highest BCUT2D eigenvalue weighted by atomic mass is 16.5.